The predicted octanol–water partition coefficient (Wildman–Crippen LogP) is 4.86. The van der Waals surface area contributed by atoms with E-state index in [0.29, 0.717) is 29.5 Å². The Morgan fingerprint density at radius 2 is 1.64 bits per heavy atom. The van der Waals surface area contributed by atoms with E-state index < -0.39 is 14.9 Å². The highest BCUT2D eigenvalue weighted by atomic mass is 35.5. The molecule has 3 rings (SSSR count). The summed E-state index contributed by atoms with van der Waals surface area (Å²) in [7, 11) is -3.61. The van der Waals surface area contributed by atoms with Crippen LogP contribution in [0.25, 0.3) is 0 Å². The molecule has 2 N–H and O–H groups in total. The van der Waals surface area contributed by atoms with E-state index in [-0.39, 0.29) is 22.2 Å². The zero-order valence-corrected chi connectivity index (χ0v) is 19.8. The van der Waals surface area contributed by atoms with E-state index in [1.165, 1.54) is 34.9 Å². The van der Waals surface area contributed by atoms with Crippen LogP contribution in [0.2, 0.25) is 5.02 Å². The third-order valence-electron chi connectivity index (χ3n) is 4.92. The van der Waals surface area contributed by atoms with E-state index in [9.17, 15) is 18.5 Å². The van der Waals surface area contributed by atoms with Crippen molar-refractivity contribution < 1.29 is 13.3 Å². The molecular weight excluding hydrogens is 468 g/mol. The van der Waals surface area contributed by atoms with Crippen molar-refractivity contribution in [3.8, 4) is 0 Å². The summed E-state index contributed by atoms with van der Waals surface area (Å²) in [6, 6.07) is 11.1. The Morgan fingerprint density at radius 3 is 2.21 bits per heavy atom. The summed E-state index contributed by atoms with van der Waals surface area (Å²) in [5.74, 6) is -0.0554. The second-order valence-corrected chi connectivity index (χ2v) is 9.37. The maximum Gasteiger partial charge on any atom is 0.353 e. The van der Waals surface area contributed by atoms with Crippen molar-refractivity contribution in [3.63, 3.8) is 0 Å². The molecule has 12 heteroatoms. The molecule has 0 aliphatic rings. The molecule has 3 aromatic rings. The first kappa shape index (κ1) is 24.4. The van der Waals surface area contributed by atoms with Crippen LogP contribution in [0.15, 0.2) is 53.7 Å². The average Bonchev–Trinajstić information content (AvgIpc) is 2.77. The second-order valence-electron chi connectivity index (χ2n) is 7.00. The molecule has 0 saturated carbocycles. The summed E-state index contributed by atoms with van der Waals surface area (Å²) >= 11 is 6.04. The zero-order valence-electron chi connectivity index (χ0n) is 18.2. The SMILES string of the molecule is CCN(CC)S(=O)(=O)c1ccc(Nc2ncnc(Nc3cc(Cl)ccc3C)c2[N+](=O)[O-])cc1. The Kier molecular flexibility index (Phi) is 7.46. The fourth-order valence-electron chi connectivity index (χ4n) is 3.15. The van der Waals surface area contributed by atoms with E-state index in [0.717, 1.165) is 5.56 Å². The third kappa shape index (κ3) is 5.38. The van der Waals surface area contributed by atoms with Gasteiger partial charge in [-0.1, -0.05) is 31.5 Å². The molecule has 2 aromatic carbocycles. The average molecular weight is 491 g/mol. The molecule has 0 bridgehead atoms. The molecule has 0 amide bonds. The number of sulfonamides is 1. The van der Waals surface area contributed by atoms with Gasteiger partial charge in [0, 0.05) is 29.5 Å². The van der Waals surface area contributed by atoms with Crippen LogP contribution in [0.5, 0.6) is 0 Å². The maximum atomic E-state index is 12.7. The van der Waals surface area contributed by atoms with Gasteiger partial charge in [0.1, 0.15) is 6.33 Å². The minimum atomic E-state index is -3.61. The largest absolute Gasteiger partial charge is 0.353 e. The van der Waals surface area contributed by atoms with Crippen LogP contribution in [0, 0.1) is 17.0 Å². The molecule has 0 spiro atoms. The molecule has 0 atom stereocenters. The van der Waals surface area contributed by atoms with Crippen molar-refractivity contribution >= 4 is 50.3 Å². The highest BCUT2D eigenvalue weighted by Gasteiger charge is 2.25. The van der Waals surface area contributed by atoms with Crippen LogP contribution in [-0.2, 0) is 10.0 Å². The molecule has 0 radical (unpaired) electrons. The zero-order chi connectivity index (χ0) is 24.2. The Balaban J connectivity index is 1.92. The summed E-state index contributed by atoms with van der Waals surface area (Å²) in [5.41, 5.74) is 1.46. The maximum absolute atomic E-state index is 12.7. The number of aromatic nitrogens is 2. The van der Waals surface area contributed by atoms with Gasteiger partial charge in [-0.15, -0.1) is 0 Å². The molecule has 1 heterocycles. The number of halogens is 1. The quantitative estimate of drug-likeness (QED) is 0.321. The van der Waals surface area contributed by atoms with Gasteiger partial charge >= 0.3 is 5.69 Å². The molecule has 33 heavy (non-hydrogen) atoms. The number of nitrogens with one attached hydrogen (secondary N) is 2. The predicted molar refractivity (Wildman–Crippen MR) is 128 cm³/mol. The molecule has 0 saturated heterocycles. The van der Waals surface area contributed by atoms with E-state index in [2.05, 4.69) is 20.6 Å². The highest BCUT2D eigenvalue weighted by molar-refractivity contribution is 7.89. The van der Waals surface area contributed by atoms with Crippen LogP contribution < -0.4 is 10.6 Å². The van der Waals surface area contributed by atoms with E-state index in [4.69, 9.17) is 11.6 Å². The minimum Gasteiger partial charge on any atom is -0.334 e. The lowest BCUT2D eigenvalue weighted by Gasteiger charge is -2.18. The summed E-state index contributed by atoms with van der Waals surface area (Å²) < 4.78 is 26.7. The van der Waals surface area contributed by atoms with Crippen LogP contribution in [0.3, 0.4) is 0 Å². The summed E-state index contributed by atoms with van der Waals surface area (Å²) in [6.45, 7) is 6.07. The molecule has 1 aromatic heterocycles. The molecule has 0 aliphatic heterocycles. The number of hydrogen-bond acceptors (Lipinski definition) is 8. The second kappa shape index (κ2) is 10.1. The molecule has 0 aliphatic carbocycles. The topological polar surface area (TPSA) is 130 Å². The van der Waals surface area contributed by atoms with Gasteiger partial charge < -0.3 is 10.6 Å². The van der Waals surface area contributed by atoms with Crippen molar-refractivity contribution in [1.29, 1.82) is 0 Å². The Morgan fingerprint density at radius 1 is 1.03 bits per heavy atom. The van der Waals surface area contributed by atoms with E-state index >= 15 is 0 Å². The van der Waals surface area contributed by atoms with Crippen LogP contribution in [0.4, 0.5) is 28.7 Å². The molecule has 174 valence electrons. The Labute approximate surface area is 196 Å². The number of rotatable bonds is 9. The molecule has 10 nitrogen and oxygen atoms in total. The first-order chi connectivity index (χ1) is 15.7. The van der Waals surface area contributed by atoms with Gasteiger partial charge in [0.25, 0.3) is 0 Å². The van der Waals surface area contributed by atoms with Crippen molar-refractivity contribution in [2.24, 2.45) is 0 Å². The molecule has 0 fully saturated rings. The fraction of sp³-hybridized carbons (Fsp3) is 0.238. The van der Waals surface area contributed by atoms with Gasteiger partial charge in [-0.25, -0.2) is 18.4 Å². The fourth-order valence-corrected chi connectivity index (χ4v) is 4.78. The lowest BCUT2D eigenvalue weighted by molar-refractivity contribution is -0.383. The van der Waals surface area contributed by atoms with E-state index in [1.54, 1.807) is 32.0 Å². The third-order valence-corrected chi connectivity index (χ3v) is 7.22. The van der Waals surface area contributed by atoms with E-state index in [1.807, 2.05) is 6.92 Å². The molecule has 0 unspecified atom stereocenters. The Bertz CT molecular complexity index is 1260. The smallest absolute Gasteiger partial charge is 0.334 e. The van der Waals surface area contributed by atoms with Crippen molar-refractivity contribution in [2.45, 2.75) is 25.7 Å². The first-order valence-corrected chi connectivity index (χ1v) is 11.9. The monoisotopic (exact) mass is 490 g/mol. The summed E-state index contributed by atoms with van der Waals surface area (Å²) in [4.78, 5) is 19.4. The van der Waals surface area contributed by atoms with Gasteiger partial charge in [0.2, 0.25) is 21.7 Å². The Hall–Kier alpha value is -3.28. The lowest BCUT2D eigenvalue weighted by atomic mass is 10.2. The summed E-state index contributed by atoms with van der Waals surface area (Å²) in [5, 5.41) is 18.1. The van der Waals surface area contributed by atoms with Gasteiger partial charge in [-0.2, -0.15) is 4.31 Å². The van der Waals surface area contributed by atoms with Crippen LogP contribution >= 0.6 is 11.6 Å². The standard InChI is InChI=1S/C21H23ClN6O4S/c1-4-27(5-2)33(31,32)17-10-8-16(9-11-17)25-20-19(28(29)30)21(24-13-23-20)26-18-12-15(22)7-6-14(18)3/h6-13H,4-5H2,1-3H3,(H2,23,24,25,26). The molecular formula is C21H23ClN6O4S. The van der Waals surface area contributed by atoms with Crippen LogP contribution in [-0.4, -0.2) is 40.7 Å². The highest BCUT2D eigenvalue weighted by Crippen LogP contribution is 2.34. The first-order valence-electron chi connectivity index (χ1n) is 10.1. The van der Waals surface area contributed by atoms with Gasteiger partial charge in [0.05, 0.1) is 9.82 Å². The lowest BCUT2D eigenvalue weighted by Crippen LogP contribution is -2.30. The van der Waals surface area contributed by atoms with Crippen molar-refractivity contribution in [1.82, 2.24) is 14.3 Å². The normalized spacial score (nSPS) is 11.4. The number of hydrogen-bond donors (Lipinski definition) is 2. The van der Waals surface area contributed by atoms with Gasteiger partial charge in [-0.05, 0) is 48.9 Å². The van der Waals surface area contributed by atoms with Gasteiger partial charge in [-0.3, -0.25) is 10.1 Å². The van der Waals surface area contributed by atoms with Crippen molar-refractivity contribution in [3.05, 3.63) is 69.5 Å². The number of aryl methyl sites for hydroxylation is 1. The number of nitro groups is 1. The minimum absolute atomic E-state index is 0.0106. The summed E-state index contributed by atoms with van der Waals surface area (Å²) in [6.07, 6.45) is 1.19. The number of nitrogens with zero attached hydrogens (tertiary/aromatic N) is 4. The number of benzene rings is 2. The van der Waals surface area contributed by atoms with Crippen molar-refractivity contribution in [2.75, 3.05) is 23.7 Å². The van der Waals surface area contributed by atoms with Crippen LogP contribution in [0.1, 0.15) is 19.4 Å². The number of anilines is 4. The van der Waals surface area contributed by atoms with Gasteiger partial charge in [0.15, 0.2) is 0 Å².